The monoisotopic (exact) mass is 256 g/mol. The molecule has 0 saturated heterocycles. The maximum Gasteiger partial charge on any atom is 0.326 e. The molecule has 1 aliphatic rings. The zero-order chi connectivity index (χ0) is 13.7. The number of carboxylic acid groups (broad SMARTS) is 2. The van der Waals surface area contributed by atoms with Crippen molar-refractivity contribution in [1.29, 1.82) is 0 Å². The Morgan fingerprint density at radius 2 is 2.00 bits per heavy atom. The Bertz CT molecular complexity index is 380. The van der Waals surface area contributed by atoms with Crippen molar-refractivity contribution in [2.75, 3.05) is 0 Å². The Balaban J connectivity index is 2.50. The first-order valence-electron chi connectivity index (χ1n) is 5.59. The molecule has 0 bridgehead atoms. The third-order valence-electron chi connectivity index (χ3n) is 2.71. The number of nitrogens with two attached hydrogens (primary N) is 1. The van der Waals surface area contributed by atoms with Gasteiger partial charge in [-0.1, -0.05) is 12.2 Å². The van der Waals surface area contributed by atoms with Crippen LogP contribution in [0.3, 0.4) is 0 Å². The van der Waals surface area contributed by atoms with Gasteiger partial charge in [0.1, 0.15) is 6.04 Å². The summed E-state index contributed by atoms with van der Waals surface area (Å²) in [5, 5.41) is 19.7. The molecule has 0 spiro atoms. The quantitative estimate of drug-likeness (QED) is 0.466. The lowest BCUT2D eigenvalue weighted by Gasteiger charge is -2.16. The molecule has 0 radical (unpaired) electrons. The van der Waals surface area contributed by atoms with Crippen molar-refractivity contribution in [2.45, 2.75) is 31.3 Å². The highest BCUT2D eigenvalue weighted by atomic mass is 16.4. The Labute approximate surface area is 104 Å². The Morgan fingerprint density at radius 1 is 1.33 bits per heavy atom. The summed E-state index contributed by atoms with van der Waals surface area (Å²) < 4.78 is 0. The largest absolute Gasteiger partial charge is 0.481 e. The second-order valence-corrected chi connectivity index (χ2v) is 4.22. The number of carbonyl (C=O) groups is 3. The van der Waals surface area contributed by atoms with E-state index in [1.807, 2.05) is 0 Å². The van der Waals surface area contributed by atoms with Gasteiger partial charge in [0.15, 0.2) is 0 Å². The normalized spacial score (nSPS) is 23.6. The van der Waals surface area contributed by atoms with E-state index in [1.165, 1.54) is 0 Å². The predicted octanol–water partition coefficient (Wildman–Crippen LogP) is -0.676. The van der Waals surface area contributed by atoms with Gasteiger partial charge < -0.3 is 21.3 Å². The highest BCUT2D eigenvalue weighted by Gasteiger charge is 2.27. The van der Waals surface area contributed by atoms with Crippen LogP contribution in [0.5, 0.6) is 0 Å². The highest BCUT2D eigenvalue weighted by molar-refractivity contribution is 5.86. The Hall–Kier alpha value is -1.89. The van der Waals surface area contributed by atoms with E-state index in [9.17, 15) is 14.4 Å². The van der Waals surface area contributed by atoms with Crippen LogP contribution >= 0.6 is 0 Å². The van der Waals surface area contributed by atoms with E-state index >= 15 is 0 Å². The van der Waals surface area contributed by atoms with Crippen LogP contribution in [0.15, 0.2) is 12.2 Å². The number of carboxylic acids is 2. The number of nitrogens with one attached hydrogen (secondary N) is 1. The second-order valence-electron chi connectivity index (χ2n) is 4.22. The molecule has 0 heterocycles. The van der Waals surface area contributed by atoms with Gasteiger partial charge in [0.2, 0.25) is 5.91 Å². The minimum Gasteiger partial charge on any atom is -0.481 e. The smallest absolute Gasteiger partial charge is 0.326 e. The zero-order valence-corrected chi connectivity index (χ0v) is 9.70. The molecule has 0 aromatic carbocycles. The fourth-order valence-corrected chi connectivity index (χ4v) is 1.73. The first-order chi connectivity index (χ1) is 8.40. The van der Waals surface area contributed by atoms with Crippen molar-refractivity contribution >= 4 is 17.8 Å². The fraction of sp³-hybridized carbons (Fsp3) is 0.545. The molecule has 0 aliphatic heterocycles. The SMILES string of the molecule is NC1C=CC(C(=O)NC(CCC(=O)O)C(=O)O)C1. The van der Waals surface area contributed by atoms with Crippen LogP contribution in [0.4, 0.5) is 0 Å². The molecule has 0 fully saturated rings. The van der Waals surface area contributed by atoms with Gasteiger partial charge in [0.25, 0.3) is 0 Å². The van der Waals surface area contributed by atoms with Crippen molar-refractivity contribution in [2.24, 2.45) is 11.7 Å². The van der Waals surface area contributed by atoms with Crippen LogP contribution in [-0.4, -0.2) is 40.1 Å². The Kier molecular flexibility index (Phi) is 4.85. The maximum atomic E-state index is 11.7. The van der Waals surface area contributed by atoms with Gasteiger partial charge >= 0.3 is 11.9 Å². The first-order valence-corrected chi connectivity index (χ1v) is 5.59. The van der Waals surface area contributed by atoms with Crippen LogP contribution in [0.2, 0.25) is 0 Å². The summed E-state index contributed by atoms with van der Waals surface area (Å²) in [4.78, 5) is 33.0. The third kappa shape index (κ3) is 4.17. The van der Waals surface area contributed by atoms with Gasteiger partial charge in [0, 0.05) is 12.5 Å². The topological polar surface area (TPSA) is 130 Å². The van der Waals surface area contributed by atoms with Crippen molar-refractivity contribution in [3.63, 3.8) is 0 Å². The van der Waals surface area contributed by atoms with Gasteiger partial charge in [-0.3, -0.25) is 9.59 Å². The number of aliphatic carboxylic acids is 2. The van der Waals surface area contributed by atoms with E-state index in [1.54, 1.807) is 12.2 Å². The number of hydrogen-bond acceptors (Lipinski definition) is 4. The van der Waals surface area contributed by atoms with Gasteiger partial charge in [-0.25, -0.2) is 4.79 Å². The molecule has 0 aromatic rings. The van der Waals surface area contributed by atoms with Gasteiger partial charge in [-0.15, -0.1) is 0 Å². The van der Waals surface area contributed by atoms with E-state index in [-0.39, 0.29) is 18.9 Å². The van der Waals surface area contributed by atoms with Crippen molar-refractivity contribution in [3.8, 4) is 0 Å². The molecular formula is C11H16N2O5. The summed E-state index contributed by atoms with van der Waals surface area (Å²) in [5.74, 6) is -3.21. The number of amides is 1. The maximum absolute atomic E-state index is 11.7. The standard InChI is InChI=1S/C11H16N2O5/c12-7-2-1-6(5-7)10(16)13-8(11(17)18)3-4-9(14)15/h1-2,6-8H,3-5,12H2,(H,13,16)(H,14,15)(H,17,18). The molecule has 18 heavy (non-hydrogen) atoms. The minimum absolute atomic E-state index is 0.140. The van der Waals surface area contributed by atoms with E-state index in [4.69, 9.17) is 15.9 Å². The summed E-state index contributed by atoms with van der Waals surface area (Å²) in [7, 11) is 0. The summed E-state index contributed by atoms with van der Waals surface area (Å²) in [5.41, 5.74) is 5.59. The van der Waals surface area contributed by atoms with Crippen molar-refractivity contribution < 1.29 is 24.6 Å². The van der Waals surface area contributed by atoms with Crippen LogP contribution in [0.1, 0.15) is 19.3 Å². The predicted molar refractivity (Wildman–Crippen MR) is 61.7 cm³/mol. The molecule has 1 rings (SSSR count). The van der Waals surface area contributed by atoms with E-state index in [0.717, 1.165) is 0 Å². The summed E-state index contributed by atoms with van der Waals surface area (Å²) >= 11 is 0. The average Bonchev–Trinajstić information content (AvgIpc) is 2.70. The van der Waals surface area contributed by atoms with Crippen molar-refractivity contribution in [1.82, 2.24) is 5.32 Å². The summed E-state index contributed by atoms with van der Waals surface area (Å²) in [6.45, 7) is 0. The van der Waals surface area contributed by atoms with Crippen LogP contribution in [0.25, 0.3) is 0 Å². The molecule has 5 N–H and O–H groups in total. The molecule has 0 aromatic heterocycles. The van der Waals surface area contributed by atoms with E-state index < -0.39 is 29.8 Å². The molecule has 3 atom stereocenters. The second kappa shape index (κ2) is 6.15. The lowest BCUT2D eigenvalue weighted by atomic mass is 10.1. The van der Waals surface area contributed by atoms with Gasteiger partial charge in [0.05, 0.1) is 5.92 Å². The molecular weight excluding hydrogens is 240 g/mol. The summed E-state index contributed by atoms with van der Waals surface area (Å²) in [6.07, 6.45) is 3.32. The number of carbonyl (C=O) groups excluding carboxylic acids is 1. The van der Waals surface area contributed by atoms with Gasteiger partial charge in [-0.05, 0) is 12.8 Å². The molecule has 3 unspecified atom stereocenters. The Morgan fingerprint density at radius 3 is 2.44 bits per heavy atom. The number of hydrogen-bond donors (Lipinski definition) is 4. The fourth-order valence-electron chi connectivity index (χ4n) is 1.73. The third-order valence-corrected chi connectivity index (χ3v) is 2.71. The van der Waals surface area contributed by atoms with E-state index in [0.29, 0.717) is 6.42 Å². The van der Waals surface area contributed by atoms with Crippen LogP contribution in [0, 0.1) is 5.92 Å². The molecule has 1 aliphatic carbocycles. The summed E-state index contributed by atoms with van der Waals surface area (Å²) in [6, 6.07) is -1.37. The van der Waals surface area contributed by atoms with Crippen LogP contribution < -0.4 is 11.1 Å². The molecule has 7 heteroatoms. The van der Waals surface area contributed by atoms with Crippen molar-refractivity contribution in [3.05, 3.63) is 12.2 Å². The lowest BCUT2D eigenvalue weighted by Crippen LogP contribution is -2.43. The molecule has 0 saturated carbocycles. The number of rotatable bonds is 6. The molecule has 1 amide bonds. The van der Waals surface area contributed by atoms with Crippen LogP contribution in [-0.2, 0) is 14.4 Å². The average molecular weight is 256 g/mol. The molecule has 100 valence electrons. The van der Waals surface area contributed by atoms with E-state index in [2.05, 4.69) is 5.32 Å². The first kappa shape index (κ1) is 14.2. The zero-order valence-electron chi connectivity index (χ0n) is 9.70. The van der Waals surface area contributed by atoms with Gasteiger partial charge in [-0.2, -0.15) is 0 Å². The molecule has 7 nitrogen and oxygen atoms in total. The minimum atomic E-state index is -1.24. The lowest BCUT2D eigenvalue weighted by molar-refractivity contribution is -0.143. The highest BCUT2D eigenvalue weighted by Crippen LogP contribution is 2.16.